The Hall–Kier alpha value is -3.35. The van der Waals surface area contributed by atoms with Crippen molar-refractivity contribution in [1.29, 1.82) is 0 Å². The summed E-state index contributed by atoms with van der Waals surface area (Å²) in [4.78, 5) is 34.6. The van der Waals surface area contributed by atoms with Crippen molar-refractivity contribution in [1.82, 2.24) is 4.31 Å². The van der Waals surface area contributed by atoms with E-state index in [0.717, 1.165) is 11.6 Å². The lowest BCUT2D eigenvalue weighted by molar-refractivity contribution is -0.386. The van der Waals surface area contributed by atoms with Crippen molar-refractivity contribution in [3.8, 4) is 5.75 Å². The van der Waals surface area contributed by atoms with Crippen LogP contribution in [0.4, 0.5) is 11.4 Å². The molecule has 0 aliphatic carbocycles. The minimum Gasteiger partial charge on any atom is -0.478 e. The van der Waals surface area contributed by atoms with E-state index in [1.54, 1.807) is 18.2 Å². The number of nitro groups is 1. The Kier molecular flexibility index (Phi) is 6.40. The predicted octanol–water partition coefficient (Wildman–Crippen LogP) is 1.76. The Morgan fingerprint density at radius 1 is 1.15 bits per heavy atom. The molecule has 1 amide bonds. The number of morpholine rings is 1. The van der Waals surface area contributed by atoms with Gasteiger partial charge in [-0.05, 0) is 42.3 Å². The molecule has 2 aliphatic heterocycles. The predicted molar refractivity (Wildman–Crippen MR) is 116 cm³/mol. The van der Waals surface area contributed by atoms with E-state index in [1.165, 1.54) is 16.4 Å². The summed E-state index contributed by atoms with van der Waals surface area (Å²) < 4.78 is 37.3. The number of ether oxygens (including phenoxy) is 2. The molecule has 1 fully saturated rings. The first-order chi connectivity index (χ1) is 15.8. The SMILES string of the molecule is O=C1CCc2cc(C(=O)COc3ccc(S(=O)(=O)N4CCOCC4)cc3[N+](=O)[O-])ccc2N1. The van der Waals surface area contributed by atoms with Gasteiger partial charge in [0.25, 0.3) is 0 Å². The molecule has 0 bridgehead atoms. The third-order valence-electron chi connectivity index (χ3n) is 5.42. The highest BCUT2D eigenvalue weighted by atomic mass is 32.2. The molecule has 0 unspecified atom stereocenters. The molecule has 0 aromatic heterocycles. The number of Topliss-reactive ketones (excluding diaryl/α,β-unsaturated/α-hetero) is 1. The van der Waals surface area contributed by atoms with Crippen molar-refractivity contribution >= 4 is 33.1 Å². The van der Waals surface area contributed by atoms with E-state index in [4.69, 9.17) is 9.47 Å². The Morgan fingerprint density at radius 2 is 1.91 bits per heavy atom. The van der Waals surface area contributed by atoms with Crippen molar-refractivity contribution in [2.75, 3.05) is 38.2 Å². The molecule has 1 N–H and O–H groups in total. The molecule has 0 radical (unpaired) electrons. The highest BCUT2D eigenvalue weighted by Crippen LogP contribution is 2.31. The molecule has 0 saturated carbocycles. The molecular weight excluding hydrogens is 454 g/mol. The molecule has 4 rings (SSSR count). The van der Waals surface area contributed by atoms with Gasteiger partial charge in [-0.3, -0.25) is 19.7 Å². The highest BCUT2D eigenvalue weighted by Gasteiger charge is 2.29. The zero-order valence-electron chi connectivity index (χ0n) is 17.5. The number of nitro benzene ring substituents is 1. The van der Waals surface area contributed by atoms with Crippen LogP contribution in [0, 0.1) is 10.1 Å². The number of ketones is 1. The molecule has 11 nitrogen and oxygen atoms in total. The van der Waals surface area contributed by atoms with Gasteiger partial charge in [-0.15, -0.1) is 0 Å². The van der Waals surface area contributed by atoms with Crippen LogP contribution in [-0.4, -0.2) is 62.2 Å². The fourth-order valence-electron chi connectivity index (χ4n) is 3.64. The summed E-state index contributed by atoms with van der Waals surface area (Å²) >= 11 is 0. The van der Waals surface area contributed by atoms with Crippen LogP contribution in [0.1, 0.15) is 22.3 Å². The van der Waals surface area contributed by atoms with Gasteiger partial charge < -0.3 is 14.8 Å². The number of rotatable bonds is 7. The Bertz CT molecular complexity index is 1220. The summed E-state index contributed by atoms with van der Waals surface area (Å²) in [6.07, 6.45) is 0.834. The lowest BCUT2D eigenvalue weighted by atomic mass is 9.99. The first-order valence-corrected chi connectivity index (χ1v) is 11.6. The molecule has 2 aliphatic rings. The van der Waals surface area contributed by atoms with Crippen molar-refractivity contribution in [3.05, 3.63) is 57.6 Å². The zero-order chi connectivity index (χ0) is 23.6. The van der Waals surface area contributed by atoms with E-state index in [1.807, 2.05) is 0 Å². The Labute approximate surface area is 189 Å². The number of anilines is 1. The topological polar surface area (TPSA) is 145 Å². The maximum absolute atomic E-state index is 12.8. The number of hydrogen-bond acceptors (Lipinski definition) is 8. The molecule has 2 aromatic rings. The molecule has 174 valence electrons. The number of amides is 1. The van der Waals surface area contributed by atoms with Crippen molar-refractivity contribution in [2.45, 2.75) is 17.7 Å². The van der Waals surface area contributed by atoms with E-state index in [-0.39, 0.29) is 42.9 Å². The van der Waals surface area contributed by atoms with Gasteiger partial charge in [0.1, 0.15) is 0 Å². The maximum atomic E-state index is 12.8. The minimum atomic E-state index is -3.93. The number of benzene rings is 2. The number of carbonyl (C=O) groups excluding carboxylic acids is 2. The quantitative estimate of drug-likeness (QED) is 0.362. The van der Waals surface area contributed by atoms with Gasteiger partial charge in [0.05, 0.1) is 23.0 Å². The van der Waals surface area contributed by atoms with Gasteiger partial charge in [-0.25, -0.2) is 8.42 Å². The largest absolute Gasteiger partial charge is 0.478 e. The fourth-order valence-corrected chi connectivity index (χ4v) is 5.07. The summed E-state index contributed by atoms with van der Waals surface area (Å²) in [7, 11) is -3.93. The summed E-state index contributed by atoms with van der Waals surface area (Å²) in [5, 5.41) is 14.3. The number of carbonyl (C=O) groups is 2. The molecule has 0 atom stereocenters. The van der Waals surface area contributed by atoms with Crippen LogP contribution in [0.15, 0.2) is 41.3 Å². The average molecular weight is 475 g/mol. The van der Waals surface area contributed by atoms with E-state index < -0.39 is 33.0 Å². The lowest BCUT2D eigenvalue weighted by Crippen LogP contribution is -2.40. The van der Waals surface area contributed by atoms with Crippen LogP contribution in [0.25, 0.3) is 0 Å². The van der Waals surface area contributed by atoms with Crippen LogP contribution >= 0.6 is 0 Å². The van der Waals surface area contributed by atoms with Crippen molar-refractivity contribution < 1.29 is 32.4 Å². The first kappa shape index (κ1) is 22.8. The normalized spacial score (nSPS) is 16.5. The molecule has 33 heavy (non-hydrogen) atoms. The van der Waals surface area contributed by atoms with Gasteiger partial charge in [0.2, 0.25) is 15.9 Å². The minimum absolute atomic E-state index is 0.0868. The summed E-state index contributed by atoms with van der Waals surface area (Å²) in [6, 6.07) is 8.18. The summed E-state index contributed by atoms with van der Waals surface area (Å²) in [6.45, 7) is 0.349. The summed E-state index contributed by atoms with van der Waals surface area (Å²) in [5.74, 6) is -0.704. The van der Waals surface area contributed by atoms with Gasteiger partial charge in [-0.1, -0.05) is 0 Å². The maximum Gasteiger partial charge on any atom is 0.312 e. The fraction of sp³-hybridized carbons (Fsp3) is 0.333. The van der Waals surface area contributed by atoms with E-state index >= 15 is 0 Å². The number of sulfonamides is 1. The van der Waals surface area contributed by atoms with Crippen LogP contribution < -0.4 is 10.1 Å². The third kappa shape index (κ3) is 4.87. The standard InChI is InChI=1S/C21H21N3O8S/c25-19(15-1-4-17-14(11-15)2-6-21(26)22-17)13-32-20-5-3-16(12-18(20)24(27)28)33(29,30)23-7-9-31-10-8-23/h1,3-5,11-12H,2,6-10,13H2,(H,22,26). The molecule has 12 heteroatoms. The molecular formula is C21H21N3O8S. The van der Waals surface area contributed by atoms with Gasteiger partial charge in [-0.2, -0.15) is 4.31 Å². The van der Waals surface area contributed by atoms with Gasteiger partial charge >= 0.3 is 5.69 Å². The second-order valence-corrected chi connectivity index (χ2v) is 9.47. The molecule has 2 aromatic carbocycles. The number of nitrogens with zero attached hydrogens (tertiary/aromatic N) is 2. The van der Waals surface area contributed by atoms with Crippen molar-refractivity contribution in [3.63, 3.8) is 0 Å². The highest BCUT2D eigenvalue weighted by molar-refractivity contribution is 7.89. The number of hydrogen-bond donors (Lipinski definition) is 1. The van der Waals surface area contributed by atoms with E-state index in [9.17, 15) is 28.1 Å². The molecule has 0 spiro atoms. The van der Waals surface area contributed by atoms with E-state index in [0.29, 0.717) is 24.1 Å². The molecule has 1 saturated heterocycles. The Balaban J connectivity index is 1.50. The average Bonchev–Trinajstić information content (AvgIpc) is 2.82. The van der Waals surface area contributed by atoms with Crippen LogP contribution in [0.3, 0.4) is 0 Å². The third-order valence-corrected chi connectivity index (χ3v) is 7.31. The van der Waals surface area contributed by atoms with Crippen LogP contribution in [0.2, 0.25) is 0 Å². The van der Waals surface area contributed by atoms with Crippen molar-refractivity contribution in [2.24, 2.45) is 0 Å². The number of aryl methyl sites for hydroxylation is 1. The smallest absolute Gasteiger partial charge is 0.312 e. The number of nitrogens with one attached hydrogen (secondary N) is 1. The first-order valence-electron chi connectivity index (χ1n) is 10.2. The molecule has 2 heterocycles. The zero-order valence-corrected chi connectivity index (χ0v) is 18.3. The van der Waals surface area contributed by atoms with Crippen LogP contribution in [-0.2, 0) is 26.0 Å². The second kappa shape index (κ2) is 9.25. The lowest BCUT2D eigenvalue weighted by Gasteiger charge is -2.26. The van der Waals surface area contributed by atoms with Crippen LogP contribution in [0.5, 0.6) is 5.75 Å². The van der Waals surface area contributed by atoms with Gasteiger partial charge in [0, 0.05) is 36.8 Å². The van der Waals surface area contributed by atoms with E-state index in [2.05, 4.69) is 5.32 Å². The number of fused-ring (bicyclic) bond motifs is 1. The monoisotopic (exact) mass is 475 g/mol. The van der Waals surface area contributed by atoms with Gasteiger partial charge in [0.15, 0.2) is 18.1 Å². The Morgan fingerprint density at radius 3 is 2.64 bits per heavy atom. The second-order valence-electron chi connectivity index (χ2n) is 7.54. The summed E-state index contributed by atoms with van der Waals surface area (Å²) in [5.41, 5.74) is 1.27.